The Labute approximate surface area is 127 Å². The lowest BCUT2D eigenvalue weighted by Gasteiger charge is -2.48. The van der Waals surface area contributed by atoms with Gasteiger partial charge in [-0.15, -0.1) is 0 Å². The summed E-state index contributed by atoms with van der Waals surface area (Å²) in [6.45, 7) is 7.13. The molecule has 2 fully saturated rings. The zero-order valence-electron chi connectivity index (χ0n) is 12.9. The molecule has 2 aliphatic heterocycles. The summed E-state index contributed by atoms with van der Waals surface area (Å²) in [5.74, 6) is 1.00. The van der Waals surface area contributed by atoms with Gasteiger partial charge in [-0.3, -0.25) is 4.98 Å². The second-order valence-corrected chi connectivity index (χ2v) is 6.74. The topological polar surface area (TPSA) is 52.5 Å². The molecule has 0 radical (unpaired) electrons. The molecule has 1 N–H and O–H groups in total. The number of hydrogen-bond donors (Lipinski definition) is 1. The van der Waals surface area contributed by atoms with Crippen LogP contribution >= 0.6 is 0 Å². The van der Waals surface area contributed by atoms with Crippen LogP contribution in [0.1, 0.15) is 32.6 Å². The fraction of sp³-hybridized carbons (Fsp3) is 0.750. The summed E-state index contributed by atoms with van der Waals surface area (Å²) in [7, 11) is 0. The summed E-state index contributed by atoms with van der Waals surface area (Å²) in [4.78, 5) is 13.4. The van der Waals surface area contributed by atoms with E-state index in [4.69, 9.17) is 0 Å². The molecule has 1 aromatic rings. The van der Waals surface area contributed by atoms with Gasteiger partial charge >= 0.3 is 0 Å². The van der Waals surface area contributed by atoms with Gasteiger partial charge in [-0.25, -0.2) is 4.98 Å². The number of aromatic nitrogens is 2. The first-order valence-electron chi connectivity index (χ1n) is 8.08. The predicted octanol–water partition coefficient (Wildman–Crippen LogP) is 1.54. The van der Waals surface area contributed by atoms with Crippen LogP contribution in [0.25, 0.3) is 0 Å². The number of β-amino-alcohol motifs (C(OH)–C–C–N with tert-alkyl or cyclic N) is 1. The van der Waals surface area contributed by atoms with Crippen LogP contribution in [0.15, 0.2) is 18.6 Å². The Bertz CT molecular complexity index is 443. The summed E-state index contributed by atoms with van der Waals surface area (Å²) in [5, 5.41) is 9.62. The number of likely N-dealkylation sites (tertiary alicyclic amines) is 1. The normalized spacial score (nSPS) is 24.2. The van der Waals surface area contributed by atoms with Crippen molar-refractivity contribution in [1.82, 2.24) is 14.9 Å². The van der Waals surface area contributed by atoms with E-state index in [1.807, 2.05) is 13.1 Å². The zero-order chi connectivity index (χ0) is 14.7. The highest BCUT2D eigenvalue weighted by atomic mass is 16.3. The van der Waals surface area contributed by atoms with Crippen molar-refractivity contribution in [2.75, 3.05) is 37.6 Å². The first-order chi connectivity index (χ1) is 10.2. The van der Waals surface area contributed by atoms with Crippen molar-refractivity contribution in [1.29, 1.82) is 0 Å². The second-order valence-electron chi connectivity index (χ2n) is 6.74. The standard InChI is InChI=1S/C16H26N4O/c1-14(21)12-19-8-2-3-16(13-19)4-9-20(10-5-16)15-11-17-6-7-18-15/h6-7,11,14,21H,2-5,8-10,12-13H2,1H3. The van der Waals surface area contributed by atoms with Crippen LogP contribution in [0, 0.1) is 5.41 Å². The van der Waals surface area contributed by atoms with Crippen molar-refractivity contribution in [3.8, 4) is 0 Å². The molecule has 5 nitrogen and oxygen atoms in total. The Morgan fingerprint density at radius 3 is 2.71 bits per heavy atom. The Kier molecular flexibility index (Phi) is 4.40. The maximum atomic E-state index is 9.62. The fourth-order valence-corrected chi connectivity index (χ4v) is 3.91. The molecule has 0 aromatic carbocycles. The molecular weight excluding hydrogens is 264 g/mol. The number of hydrogen-bond acceptors (Lipinski definition) is 5. The minimum absolute atomic E-state index is 0.222. The Morgan fingerprint density at radius 2 is 2.05 bits per heavy atom. The van der Waals surface area contributed by atoms with Crippen molar-refractivity contribution in [3.05, 3.63) is 18.6 Å². The third-order valence-electron chi connectivity index (χ3n) is 4.96. The van der Waals surface area contributed by atoms with E-state index in [-0.39, 0.29) is 6.10 Å². The van der Waals surface area contributed by atoms with Crippen molar-refractivity contribution in [2.24, 2.45) is 5.41 Å². The van der Waals surface area contributed by atoms with Gasteiger partial charge in [0.05, 0.1) is 12.3 Å². The van der Waals surface area contributed by atoms with Gasteiger partial charge in [0, 0.05) is 38.6 Å². The first-order valence-corrected chi connectivity index (χ1v) is 8.08. The van der Waals surface area contributed by atoms with E-state index in [2.05, 4.69) is 19.8 Å². The largest absolute Gasteiger partial charge is 0.392 e. The average Bonchev–Trinajstić information content (AvgIpc) is 2.48. The summed E-state index contributed by atoms with van der Waals surface area (Å²) in [6, 6.07) is 0. The fourth-order valence-electron chi connectivity index (χ4n) is 3.91. The maximum absolute atomic E-state index is 9.62. The van der Waals surface area contributed by atoms with Crippen LogP contribution < -0.4 is 4.90 Å². The van der Waals surface area contributed by atoms with Gasteiger partial charge < -0.3 is 14.9 Å². The summed E-state index contributed by atoms with van der Waals surface area (Å²) < 4.78 is 0. The lowest BCUT2D eigenvalue weighted by atomic mass is 9.72. The summed E-state index contributed by atoms with van der Waals surface area (Å²) in [5.41, 5.74) is 0.450. The molecule has 21 heavy (non-hydrogen) atoms. The van der Waals surface area contributed by atoms with E-state index in [1.54, 1.807) is 12.4 Å². The number of aliphatic hydroxyl groups is 1. The lowest BCUT2D eigenvalue weighted by molar-refractivity contribution is 0.0361. The highest BCUT2D eigenvalue weighted by molar-refractivity contribution is 5.35. The minimum Gasteiger partial charge on any atom is -0.392 e. The van der Waals surface area contributed by atoms with Crippen LogP contribution in [-0.2, 0) is 0 Å². The van der Waals surface area contributed by atoms with Gasteiger partial charge in [0.2, 0.25) is 0 Å². The number of rotatable bonds is 3. The molecule has 3 rings (SSSR count). The Morgan fingerprint density at radius 1 is 1.24 bits per heavy atom. The summed E-state index contributed by atoms with van der Waals surface area (Å²) >= 11 is 0. The van der Waals surface area contributed by atoms with Gasteiger partial charge in [-0.2, -0.15) is 0 Å². The molecule has 2 aliphatic rings. The third-order valence-corrected chi connectivity index (χ3v) is 4.96. The van der Waals surface area contributed by atoms with E-state index in [0.29, 0.717) is 5.41 Å². The first kappa shape index (κ1) is 14.7. The molecule has 1 unspecified atom stereocenters. The van der Waals surface area contributed by atoms with Crippen LogP contribution in [0.2, 0.25) is 0 Å². The van der Waals surface area contributed by atoms with Crippen molar-refractivity contribution in [2.45, 2.75) is 38.7 Å². The Hall–Kier alpha value is -1.20. The molecule has 1 spiro atoms. The van der Waals surface area contributed by atoms with Gasteiger partial charge in [0.25, 0.3) is 0 Å². The Balaban J connectivity index is 1.59. The molecule has 1 aromatic heterocycles. The molecule has 116 valence electrons. The van der Waals surface area contributed by atoms with Crippen molar-refractivity contribution < 1.29 is 5.11 Å². The van der Waals surface area contributed by atoms with E-state index in [0.717, 1.165) is 38.5 Å². The number of nitrogens with zero attached hydrogens (tertiary/aromatic N) is 4. The molecule has 5 heteroatoms. The van der Waals surface area contributed by atoms with Gasteiger partial charge in [-0.1, -0.05) is 0 Å². The van der Waals surface area contributed by atoms with E-state index < -0.39 is 0 Å². The van der Waals surface area contributed by atoms with E-state index in [1.165, 1.54) is 25.7 Å². The maximum Gasteiger partial charge on any atom is 0.147 e. The summed E-state index contributed by atoms with van der Waals surface area (Å²) in [6.07, 6.45) is 10.2. The van der Waals surface area contributed by atoms with Gasteiger partial charge in [0.1, 0.15) is 5.82 Å². The van der Waals surface area contributed by atoms with E-state index >= 15 is 0 Å². The van der Waals surface area contributed by atoms with Crippen LogP contribution in [0.5, 0.6) is 0 Å². The zero-order valence-corrected chi connectivity index (χ0v) is 12.9. The highest BCUT2D eigenvalue weighted by Crippen LogP contribution is 2.40. The number of aliphatic hydroxyl groups excluding tert-OH is 1. The molecule has 2 saturated heterocycles. The van der Waals surface area contributed by atoms with Crippen LogP contribution in [-0.4, -0.2) is 58.8 Å². The molecular formula is C16H26N4O. The van der Waals surface area contributed by atoms with Crippen molar-refractivity contribution in [3.63, 3.8) is 0 Å². The SMILES string of the molecule is CC(O)CN1CCCC2(CCN(c3cnccn3)CC2)C1. The molecule has 0 saturated carbocycles. The van der Waals surface area contributed by atoms with E-state index in [9.17, 15) is 5.11 Å². The third kappa shape index (κ3) is 3.52. The predicted molar refractivity (Wildman–Crippen MR) is 83.3 cm³/mol. The molecule has 0 bridgehead atoms. The molecule has 3 heterocycles. The van der Waals surface area contributed by atoms with Crippen LogP contribution in [0.4, 0.5) is 5.82 Å². The lowest BCUT2D eigenvalue weighted by Crippen LogP contribution is -2.51. The highest BCUT2D eigenvalue weighted by Gasteiger charge is 2.38. The van der Waals surface area contributed by atoms with Gasteiger partial charge in [-0.05, 0) is 44.6 Å². The number of anilines is 1. The smallest absolute Gasteiger partial charge is 0.147 e. The quantitative estimate of drug-likeness (QED) is 0.915. The minimum atomic E-state index is -0.222. The van der Waals surface area contributed by atoms with Crippen LogP contribution in [0.3, 0.4) is 0 Å². The van der Waals surface area contributed by atoms with Gasteiger partial charge in [0.15, 0.2) is 0 Å². The van der Waals surface area contributed by atoms with Crippen molar-refractivity contribution >= 4 is 5.82 Å². The molecule has 0 amide bonds. The number of piperidine rings is 2. The molecule has 1 atom stereocenters. The average molecular weight is 290 g/mol. The monoisotopic (exact) mass is 290 g/mol. The second kappa shape index (κ2) is 6.28. The molecule has 0 aliphatic carbocycles.